The van der Waals surface area contributed by atoms with Crippen LogP contribution < -0.4 is 5.32 Å². The predicted molar refractivity (Wildman–Crippen MR) is 107 cm³/mol. The summed E-state index contributed by atoms with van der Waals surface area (Å²) >= 11 is 0. The Labute approximate surface area is 168 Å². The number of carbonyl (C=O) groups excluding carboxylic acids is 2. The molecule has 0 saturated heterocycles. The van der Waals surface area contributed by atoms with Crippen molar-refractivity contribution in [3.05, 3.63) is 59.6 Å². The molecule has 0 bridgehead atoms. The Hall–Kier alpha value is -3.42. The van der Waals surface area contributed by atoms with E-state index in [0.29, 0.717) is 23.6 Å². The van der Waals surface area contributed by atoms with Crippen molar-refractivity contribution < 1.29 is 18.8 Å². The SMILES string of the molecule is CCCCC(OC(=O)c1ccc(-n2nccc2C)cc1)C(=O)Nc1cc(C)on1. The molecule has 152 valence electrons. The molecule has 29 heavy (non-hydrogen) atoms. The summed E-state index contributed by atoms with van der Waals surface area (Å²) in [6.45, 7) is 5.68. The molecule has 0 aliphatic heterocycles. The number of hydrogen-bond donors (Lipinski definition) is 1. The van der Waals surface area contributed by atoms with Crippen molar-refractivity contribution in [2.24, 2.45) is 0 Å². The average molecular weight is 396 g/mol. The molecule has 1 atom stereocenters. The molecule has 2 aromatic heterocycles. The molecule has 0 radical (unpaired) electrons. The highest BCUT2D eigenvalue weighted by Gasteiger charge is 2.24. The molecule has 2 heterocycles. The molecule has 3 aromatic rings. The monoisotopic (exact) mass is 396 g/mol. The molecule has 1 N–H and O–H groups in total. The van der Waals surface area contributed by atoms with Gasteiger partial charge in [-0.3, -0.25) is 4.79 Å². The van der Waals surface area contributed by atoms with Gasteiger partial charge in [0.25, 0.3) is 5.91 Å². The van der Waals surface area contributed by atoms with Crippen LogP contribution in [0.4, 0.5) is 5.82 Å². The van der Waals surface area contributed by atoms with Crippen LogP contribution in [0.25, 0.3) is 5.69 Å². The molecule has 0 saturated carbocycles. The van der Waals surface area contributed by atoms with E-state index >= 15 is 0 Å². The molecular weight excluding hydrogens is 372 g/mol. The molecule has 0 spiro atoms. The molecule has 1 aromatic carbocycles. The summed E-state index contributed by atoms with van der Waals surface area (Å²) in [5, 5.41) is 10.6. The summed E-state index contributed by atoms with van der Waals surface area (Å²) in [7, 11) is 0. The molecule has 8 heteroatoms. The molecule has 0 aliphatic carbocycles. The van der Waals surface area contributed by atoms with Crippen molar-refractivity contribution in [3.63, 3.8) is 0 Å². The van der Waals surface area contributed by atoms with Crippen LogP contribution in [0.15, 0.2) is 47.1 Å². The number of anilines is 1. The van der Waals surface area contributed by atoms with Crippen LogP contribution in [-0.4, -0.2) is 32.9 Å². The molecule has 8 nitrogen and oxygen atoms in total. The van der Waals surface area contributed by atoms with Gasteiger partial charge in [0.2, 0.25) is 0 Å². The van der Waals surface area contributed by atoms with E-state index in [4.69, 9.17) is 9.26 Å². The molecule has 3 rings (SSSR count). The lowest BCUT2D eigenvalue weighted by Gasteiger charge is -2.17. The quantitative estimate of drug-likeness (QED) is 0.581. The third-order valence-electron chi connectivity index (χ3n) is 4.42. The maximum Gasteiger partial charge on any atom is 0.338 e. The number of nitrogens with zero attached hydrogens (tertiary/aromatic N) is 3. The molecule has 0 fully saturated rings. The zero-order valence-electron chi connectivity index (χ0n) is 16.7. The Kier molecular flexibility index (Phi) is 6.43. The maximum atomic E-state index is 12.6. The first-order valence-corrected chi connectivity index (χ1v) is 9.54. The number of carbonyl (C=O) groups is 2. The number of aromatic nitrogens is 3. The third-order valence-corrected chi connectivity index (χ3v) is 4.42. The summed E-state index contributed by atoms with van der Waals surface area (Å²) in [6.07, 6.45) is 2.86. The van der Waals surface area contributed by atoms with E-state index in [9.17, 15) is 9.59 Å². The van der Waals surface area contributed by atoms with E-state index in [2.05, 4.69) is 15.6 Å². The number of unbranched alkanes of at least 4 members (excludes halogenated alkanes) is 1. The highest BCUT2D eigenvalue weighted by Crippen LogP contribution is 2.16. The topological polar surface area (TPSA) is 99.2 Å². The van der Waals surface area contributed by atoms with Gasteiger partial charge in [-0.25, -0.2) is 9.48 Å². The number of rotatable bonds is 8. The van der Waals surface area contributed by atoms with Gasteiger partial charge in [-0.05, 0) is 57.0 Å². The van der Waals surface area contributed by atoms with Crippen LogP contribution in [0.2, 0.25) is 0 Å². The lowest BCUT2D eigenvalue weighted by Crippen LogP contribution is -2.32. The first-order chi connectivity index (χ1) is 14.0. The van der Waals surface area contributed by atoms with Crippen molar-refractivity contribution in [2.75, 3.05) is 5.32 Å². The van der Waals surface area contributed by atoms with Gasteiger partial charge in [0.15, 0.2) is 11.9 Å². The highest BCUT2D eigenvalue weighted by molar-refractivity contribution is 5.97. The summed E-state index contributed by atoms with van der Waals surface area (Å²) in [5.41, 5.74) is 2.19. The number of hydrogen-bond acceptors (Lipinski definition) is 6. The fourth-order valence-electron chi connectivity index (χ4n) is 2.84. The summed E-state index contributed by atoms with van der Waals surface area (Å²) in [5.74, 6) is -0.107. The van der Waals surface area contributed by atoms with Crippen LogP contribution in [-0.2, 0) is 9.53 Å². The van der Waals surface area contributed by atoms with Crippen LogP contribution >= 0.6 is 0 Å². The second-order valence-corrected chi connectivity index (χ2v) is 6.78. The number of benzene rings is 1. The zero-order valence-corrected chi connectivity index (χ0v) is 16.7. The van der Waals surface area contributed by atoms with Gasteiger partial charge < -0.3 is 14.6 Å². The first kappa shape index (κ1) is 20.3. The summed E-state index contributed by atoms with van der Waals surface area (Å²) in [4.78, 5) is 25.1. The Morgan fingerprint density at radius 3 is 2.55 bits per heavy atom. The number of aryl methyl sites for hydroxylation is 2. The second-order valence-electron chi connectivity index (χ2n) is 6.78. The van der Waals surface area contributed by atoms with Gasteiger partial charge in [0, 0.05) is 18.0 Å². The Balaban J connectivity index is 1.68. The van der Waals surface area contributed by atoms with Gasteiger partial charge in [-0.15, -0.1) is 0 Å². The fourth-order valence-corrected chi connectivity index (χ4v) is 2.84. The van der Waals surface area contributed by atoms with Crippen LogP contribution in [0.5, 0.6) is 0 Å². The van der Waals surface area contributed by atoms with Gasteiger partial charge in [0.05, 0.1) is 11.3 Å². The van der Waals surface area contributed by atoms with E-state index in [1.165, 1.54) is 0 Å². The normalized spacial score (nSPS) is 11.8. The van der Waals surface area contributed by atoms with Crippen LogP contribution in [0, 0.1) is 13.8 Å². The van der Waals surface area contributed by atoms with Crippen molar-refractivity contribution in [2.45, 2.75) is 46.1 Å². The molecule has 1 unspecified atom stereocenters. The Morgan fingerprint density at radius 1 is 1.21 bits per heavy atom. The van der Waals surface area contributed by atoms with Crippen LogP contribution in [0.1, 0.15) is 48.0 Å². The van der Waals surface area contributed by atoms with E-state index in [-0.39, 0.29) is 0 Å². The molecule has 0 aliphatic rings. The van der Waals surface area contributed by atoms with E-state index in [1.807, 2.05) is 19.9 Å². The van der Waals surface area contributed by atoms with Crippen LogP contribution in [0.3, 0.4) is 0 Å². The minimum absolute atomic E-state index is 0.295. The Morgan fingerprint density at radius 2 is 1.97 bits per heavy atom. The minimum atomic E-state index is -0.910. The predicted octanol–water partition coefficient (Wildman–Crippen LogP) is 3.83. The number of amides is 1. The van der Waals surface area contributed by atoms with Gasteiger partial charge in [-0.2, -0.15) is 5.10 Å². The summed E-state index contributed by atoms with van der Waals surface area (Å²) in [6, 6.07) is 10.4. The fraction of sp³-hybridized carbons (Fsp3) is 0.333. The maximum absolute atomic E-state index is 12.6. The highest BCUT2D eigenvalue weighted by atomic mass is 16.5. The van der Waals surface area contributed by atoms with Gasteiger partial charge >= 0.3 is 5.97 Å². The lowest BCUT2D eigenvalue weighted by atomic mass is 10.1. The van der Waals surface area contributed by atoms with Crippen molar-refractivity contribution in [1.29, 1.82) is 0 Å². The van der Waals surface area contributed by atoms with Crippen molar-refractivity contribution in [3.8, 4) is 5.69 Å². The smallest absolute Gasteiger partial charge is 0.338 e. The number of esters is 1. The van der Waals surface area contributed by atoms with E-state index in [1.54, 1.807) is 48.1 Å². The van der Waals surface area contributed by atoms with Crippen molar-refractivity contribution in [1.82, 2.24) is 14.9 Å². The Bertz CT molecular complexity index is 975. The second kappa shape index (κ2) is 9.18. The van der Waals surface area contributed by atoms with E-state index in [0.717, 1.165) is 24.2 Å². The minimum Gasteiger partial charge on any atom is -0.449 e. The largest absolute Gasteiger partial charge is 0.449 e. The number of ether oxygens (including phenoxy) is 1. The number of nitrogens with one attached hydrogen (secondary N) is 1. The zero-order chi connectivity index (χ0) is 20.8. The van der Waals surface area contributed by atoms with Gasteiger partial charge in [0.1, 0.15) is 5.76 Å². The molecule has 1 amide bonds. The van der Waals surface area contributed by atoms with E-state index < -0.39 is 18.0 Å². The standard InChI is InChI=1S/C21H24N4O4/c1-4-5-6-18(20(26)23-19-13-15(3)29-24-19)28-21(27)16-7-9-17(10-8-16)25-14(2)11-12-22-25/h7-13,18H,4-6H2,1-3H3,(H,23,24,26). The van der Waals surface area contributed by atoms with Gasteiger partial charge in [-0.1, -0.05) is 18.5 Å². The van der Waals surface area contributed by atoms with Crippen molar-refractivity contribution >= 4 is 17.7 Å². The average Bonchev–Trinajstić information content (AvgIpc) is 3.32. The first-order valence-electron chi connectivity index (χ1n) is 9.54. The third kappa shape index (κ3) is 5.10. The molecular formula is C21H24N4O4. The lowest BCUT2D eigenvalue weighted by molar-refractivity contribution is -0.125. The summed E-state index contributed by atoms with van der Waals surface area (Å²) < 4.78 is 12.2.